The van der Waals surface area contributed by atoms with Crippen molar-refractivity contribution < 1.29 is 18.5 Å². The van der Waals surface area contributed by atoms with Gasteiger partial charge in [0.1, 0.15) is 11.1 Å². The minimum atomic E-state index is -1.67. The lowest BCUT2D eigenvalue weighted by Gasteiger charge is -2.10. The van der Waals surface area contributed by atoms with Gasteiger partial charge in [-0.2, -0.15) is 0 Å². The highest BCUT2D eigenvalue weighted by molar-refractivity contribution is 7.86. The van der Waals surface area contributed by atoms with Gasteiger partial charge in [-0.3, -0.25) is 9.00 Å². The van der Waals surface area contributed by atoms with E-state index < -0.39 is 27.8 Å². The molecule has 0 spiro atoms. The predicted molar refractivity (Wildman–Crippen MR) is 57.0 cm³/mol. The molecule has 86 valence electrons. The number of halogens is 1. The Kier molecular flexibility index (Phi) is 3.05. The summed E-state index contributed by atoms with van der Waals surface area (Å²) in [6, 6.07) is 5.31. The molecule has 0 aromatic heterocycles. The number of aliphatic carboxylic acids is 1. The first kappa shape index (κ1) is 11.3. The van der Waals surface area contributed by atoms with Crippen molar-refractivity contribution in [2.24, 2.45) is 5.92 Å². The van der Waals surface area contributed by atoms with Crippen LogP contribution >= 0.6 is 0 Å². The second kappa shape index (κ2) is 4.33. The molecule has 0 bridgehead atoms. The van der Waals surface area contributed by atoms with Gasteiger partial charge >= 0.3 is 5.97 Å². The molecule has 1 aromatic carbocycles. The Bertz CT molecular complexity index is 443. The molecule has 3 nitrogen and oxygen atoms in total. The zero-order chi connectivity index (χ0) is 11.7. The SMILES string of the molecule is O=C(O)C(C1CC1)S(=O)c1cccc(F)c1. The van der Waals surface area contributed by atoms with Crippen LogP contribution in [0.1, 0.15) is 12.8 Å². The van der Waals surface area contributed by atoms with Crippen LogP contribution in [-0.2, 0) is 15.6 Å². The Morgan fingerprint density at radius 1 is 1.50 bits per heavy atom. The standard InChI is InChI=1S/C11H11FO3S/c12-8-2-1-3-9(6-8)16(15)10(11(13)14)7-4-5-7/h1-3,6-7,10H,4-5H2,(H,13,14). The lowest BCUT2D eigenvalue weighted by molar-refractivity contribution is -0.136. The maximum Gasteiger partial charge on any atom is 0.319 e. The van der Waals surface area contributed by atoms with Crippen LogP contribution in [0.4, 0.5) is 4.39 Å². The average Bonchev–Trinajstić information content (AvgIpc) is 3.01. The van der Waals surface area contributed by atoms with Crippen LogP contribution in [0, 0.1) is 11.7 Å². The fourth-order valence-electron chi connectivity index (χ4n) is 1.61. The third-order valence-corrected chi connectivity index (χ3v) is 4.32. The molecule has 1 fully saturated rings. The van der Waals surface area contributed by atoms with Gasteiger partial charge in [-0.1, -0.05) is 6.07 Å². The van der Waals surface area contributed by atoms with Crippen molar-refractivity contribution in [3.63, 3.8) is 0 Å². The molecular formula is C11H11FO3S. The Morgan fingerprint density at radius 2 is 2.19 bits per heavy atom. The Morgan fingerprint density at radius 3 is 2.69 bits per heavy atom. The van der Waals surface area contributed by atoms with Gasteiger partial charge in [0.25, 0.3) is 0 Å². The lowest BCUT2D eigenvalue weighted by Crippen LogP contribution is -2.27. The van der Waals surface area contributed by atoms with E-state index in [0.717, 1.165) is 18.9 Å². The van der Waals surface area contributed by atoms with E-state index in [1.54, 1.807) is 0 Å². The molecule has 0 radical (unpaired) electrons. The number of rotatable bonds is 4. The highest BCUT2D eigenvalue weighted by atomic mass is 32.2. The van der Waals surface area contributed by atoms with Crippen molar-refractivity contribution in [2.45, 2.75) is 23.0 Å². The van der Waals surface area contributed by atoms with E-state index in [-0.39, 0.29) is 10.8 Å². The van der Waals surface area contributed by atoms with E-state index in [0.29, 0.717) is 0 Å². The second-order valence-corrected chi connectivity index (χ2v) is 5.43. The number of hydrogen-bond donors (Lipinski definition) is 1. The molecule has 0 amide bonds. The summed E-state index contributed by atoms with van der Waals surface area (Å²) in [4.78, 5) is 11.2. The van der Waals surface area contributed by atoms with E-state index in [9.17, 15) is 13.4 Å². The highest BCUT2D eigenvalue weighted by Gasteiger charge is 2.41. The van der Waals surface area contributed by atoms with Gasteiger partial charge in [0.15, 0.2) is 0 Å². The van der Waals surface area contributed by atoms with E-state index >= 15 is 0 Å². The summed E-state index contributed by atoms with van der Waals surface area (Å²) in [5.74, 6) is -1.59. The largest absolute Gasteiger partial charge is 0.480 e. The van der Waals surface area contributed by atoms with Crippen LogP contribution in [0.2, 0.25) is 0 Å². The maximum atomic E-state index is 12.9. The van der Waals surface area contributed by atoms with Crippen molar-refractivity contribution in [1.82, 2.24) is 0 Å². The van der Waals surface area contributed by atoms with Crippen LogP contribution in [0.25, 0.3) is 0 Å². The molecule has 1 N–H and O–H groups in total. The normalized spacial score (nSPS) is 19.1. The van der Waals surface area contributed by atoms with Gasteiger partial charge in [0, 0.05) is 4.90 Å². The van der Waals surface area contributed by atoms with E-state index in [4.69, 9.17) is 5.11 Å². The molecular weight excluding hydrogens is 231 g/mol. The quantitative estimate of drug-likeness (QED) is 0.875. The zero-order valence-electron chi connectivity index (χ0n) is 8.43. The summed E-state index contributed by atoms with van der Waals surface area (Å²) in [5.41, 5.74) is 0. The fraction of sp³-hybridized carbons (Fsp3) is 0.364. The molecule has 2 atom stereocenters. The Labute approximate surface area is 94.7 Å². The third kappa shape index (κ3) is 2.29. The van der Waals surface area contributed by atoms with Crippen LogP contribution in [0.5, 0.6) is 0 Å². The molecule has 1 saturated carbocycles. The molecule has 0 saturated heterocycles. The van der Waals surface area contributed by atoms with Crippen molar-refractivity contribution in [2.75, 3.05) is 0 Å². The number of carboxylic acid groups (broad SMARTS) is 1. The first-order valence-corrected chi connectivity index (χ1v) is 6.20. The van der Waals surface area contributed by atoms with Crippen molar-refractivity contribution in [3.8, 4) is 0 Å². The van der Waals surface area contributed by atoms with Crippen LogP contribution < -0.4 is 0 Å². The number of carboxylic acids is 1. The smallest absolute Gasteiger partial charge is 0.319 e. The summed E-state index contributed by atoms with van der Waals surface area (Å²) in [7, 11) is -1.67. The van der Waals surface area contributed by atoms with E-state index in [1.807, 2.05) is 0 Å². The van der Waals surface area contributed by atoms with Gasteiger partial charge in [-0.05, 0) is 37.0 Å². The first-order valence-electron chi connectivity index (χ1n) is 4.98. The maximum absolute atomic E-state index is 12.9. The molecule has 1 aliphatic carbocycles. The molecule has 0 aliphatic heterocycles. The molecule has 2 rings (SSSR count). The van der Waals surface area contributed by atoms with E-state index in [2.05, 4.69) is 0 Å². The zero-order valence-corrected chi connectivity index (χ0v) is 9.24. The van der Waals surface area contributed by atoms with Gasteiger partial charge < -0.3 is 5.11 Å². The summed E-state index contributed by atoms with van der Waals surface area (Å²) < 4.78 is 24.9. The van der Waals surface area contributed by atoms with Crippen LogP contribution in [0.3, 0.4) is 0 Å². The first-order chi connectivity index (χ1) is 7.59. The number of hydrogen-bond acceptors (Lipinski definition) is 2. The molecule has 1 aliphatic rings. The monoisotopic (exact) mass is 242 g/mol. The van der Waals surface area contributed by atoms with Crippen LogP contribution in [-0.4, -0.2) is 20.5 Å². The van der Waals surface area contributed by atoms with Crippen LogP contribution in [0.15, 0.2) is 29.2 Å². The molecule has 16 heavy (non-hydrogen) atoms. The predicted octanol–water partition coefficient (Wildman–Crippen LogP) is 1.80. The summed E-state index contributed by atoms with van der Waals surface area (Å²) in [6.07, 6.45) is 1.58. The summed E-state index contributed by atoms with van der Waals surface area (Å²) in [6.45, 7) is 0. The third-order valence-electron chi connectivity index (χ3n) is 2.55. The van der Waals surface area contributed by atoms with Gasteiger partial charge in [-0.15, -0.1) is 0 Å². The molecule has 0 heterocycles. The molecule has 1 aromatic rings. The molecule has 2 unspecified atom stereocenters. The van der Waals surface area contributed by atoms with Crippen molar-refractivity contribution in [3.05, 3.63) is 30.1 Å². The minimum Gasteiger partial charge on any atom is -0.480 e. The second-order valence-electron chi connectivity index (χ2n) is 3.85. The van der Waals surface area contributed by atoms with Gasteiger partial charge in [0.05, 0.1) is 10.8 Å². The fourth-order valence-corrected chi connectivity index (χ4v) is 3.15. The average molecular weight is 242 g/mol. The van der Waals surface area contributed by atoms with Gasteiger partial charge in [-0.25, -0.2) is 4.39 Å². The lowest BCUT2D eigenvalue weighted by atomic mass is 10.3. The molecule has 5 heteroatoms. The number of benzene rings is 1. The topological polar surface area (TPSA) is 54.4 Å². The van der Waals surface area contributed by atoms with Crippen molar-refractivity contribution in [1.29, 1.82) is 0 Å². The summed E-state index contributed by atoms with van der Waals surface area (Å²) in [5, 5.41) is 8.10. The Hall–Kier alpha value is -1.23. The minimum absolute atomic E-state index is 0.0263. The number of carbonyl (C=O) groups is 1. The highest BCUT2D eigenvalue weighted by Crippen LogP contribution is 2.37. The van der Waals surface area contributed by atoms with Crippen molar-refractivity contribution >= 4 is 16.8 Å². The summed E-state index contributed by atoms with van der Waals surface area (Å²) >= 11 is 0. The Balaban J connectivity index is 2.26. The van der Waals surface area contributed by atoms with E-state index in [1.165, 1.54) is 18.2 Å². The van der Waals surface area contributed by atoms with Gasteiger partial charge in [0.2, 0.25) is 0 Å².